The van der Waals surface area contributed by atoms with E-state index in [0.717, 1.165) is 12.8 Å². The number of nitrogens with one attached hydrogen (secondary N) is 1. The van der Waals surface area contributed by atoms with Crippen molar-refractivity contribution in [2.45, 2.75) is 101 Å². The molecular weight excluding hydrogens is 568 g/mol. The summed E-state index contributed by atoms with van der Waals surface area (Å²) in [5, 5.41) is 7.61. The van der Waals surface area contributed by atoms with Crippen molar-refractivity contribution in [2.75, 3.05) is 0 Å². The number of fused-ring (bicyclic) bond motifs is 1. The van der Waals surface area contributed by atoms with Crippen molar-refractivity contribution >= 4 is 17.6 Å². The van der Waals surface area contributed by atoms with E-state index in [1.165, 1.54) is 4.68 Å². The van der Waals surface area contributed by atoms with Gasteiger partial charge in [0.1, 0.15) is 0 Å². The Morgan fingerprint density at radius 3 is 2.26 bits per heavy atom. The van der Waals surface area contributed by atoms with Gasteiger partial charge in [0, 0.05) is 50.5 Å². The predicted octanol–water partition coefficient (Wildman–Crippen LogP) is 4.96. The van der Waals surface area contributed by atoms with Gasteiger partial charge in [-0.25, -0.2) is 37.2 Å². The third-order valence-electron chi connectivity index (χ3n) is 8.93. The molecule has 3 saturated carbocycles. The minimum atomic E-state index is -2.73. The van der Waals surface area contributed by atoms with Crippen LogP contribution in [0.5, 0.6) is 0 Å². The molecule has 43 heavy (non-hydrogen) atoms. The van der Waals surface area contributed by atoms with Crippen molar-refractivity contribution in [1.29, 1.82) is 0 Å². The van der Waals surface area contributed by atoms with Gasteiger partial charge in [0.05, 0.1) is 23.3 Å². The Morgan fingerprint density at radius 2 is 1.67 bits per heavy atom. The molecule has 3 N–H and O–H groups in total. The van der Waals surface area contributed by atoms with E-state index in [-0.39, 0.29) is 86.5 Å². The van der Waals surface area contributed by atoms with E-state index in [2.05, 4.69) is 15.4 Å². The molecule has 0 aromatic carbocycles. The van der Waals surface area contributed by atoms with Crippen molar-refractivity contribution in [3.05, 3.63) is 41.5 Å². The molecule has 0 radical (unpaired) electrons. The first-order chi connectivity index (χ1) is 20.3. The Balaban J connectivity index is 1.30. The number of hydrogen-bond donors (Lipinski definition) is 2. The molecule has 0 spiro atoms. The minimum absolute atomic E-state index is 0.00560. The van der Waals surface area contributed by atoms with E-state index < -0.39 is 23.7 Å². The number of hydrogen-bond acceptors (Lipinski definition) is 6. The Morgan fingerprint density at radius 1 is 1.00 bits per heavy atom. The molecule has 0 aliphatic heterocycles. The third kappa shape index (κ3) is 6.23. The van der Waals surface area contributed by atoms with Gasteiger partial charge in [0.2, 0.25) is 29.4 Å². The van der Waals surface area contributed by atoms with Gasteiger partial charge in [-0.2, -0.15) is 5.10 Å². The van der Waals surface area contributed by atoms with Crippen LogP contribution >= 0.6 is 0 Å². The van der Waals surface area contributed by atoms with Crippen molar-refractivity contribution in [3.8, 4) is 0 Å². The standard InChI is InChI=1S/C29H36F4N8O2/c1-15(2)41-26(24(34)43)38-25(39-41)22(17-5-8-28(30,31)9-6-17)20-14-40-10-7-19(35-27(40)36-20)23(18-3-4-18)37-21(42)11-16-12-29(32,33)13-16/h7,10,14-18,22-23H,3-6,8-9,11-13H2,1-2H3,(H2,34,43)(H,37,42)/t22-,23+/m0/s1. The van der Waals surface area contributed by atoms with Crippen molar-refractivity contribution in [2.24, 2.45) is 23.5 Å². The van der Waals surface area contributed by atoms with Crippen LogP contribution in [-0.4, -0.2) is 52.8 Å². The van der Waals surface area contributed by atoms with Gasteiger partial charge in [-0.15, -0.1) is 0 Å². The summed E-state index contributed by atoms with van der Waals surface area (Å²) >= 11 is 0. The van der Waals surface area contributed by atoms with E-state index in [0.29, 0.717) is 23.0 Å². The van der Waals surface area contributed by atoms with Gasteiger partial charge >= 0.3 is 0 Å². The molecule has 3 fully saturated rings. The normalized spacial score (nSPS) is 21.9. The van der Waals surface area contributed by atoms with Crippen molar-refractivity contribution in [1.82, 2.24) is 34.4 Å². The van der Waals surface area contributed by atoms with Gasteiger partial charge in [-0.05, 0) is 63.4 Å². The molecule has 10 nitrogen and oxygen atoms in total. The van der Waals surface area contributed by atoms with Crippen LogP contribution in [0.3, 0.4) is 0 Å². The zero-order chi connectivity index (χ0) is 30.7. The molecule has 2 atom stereocenters. The van der Waals surface area contributed by atoms with Crippen LogP contribution in [0.25, 0.3) is 5.78 Å². The maximum absolute atomic E-state index is 14.1. The van der Waals surface area contributed by atoms with Gasteiger partial charge < -0.3 is 11.1 Å². The molecular formula is C29H36F4N8O2. The van der Waals surface area contributed by atoms with Crippen molar-refractivity contribution < 1.29 is 27.2 Å². The van der Waals surface area contributed by atoms with Gasteiger partial charge in [0.15, 0.2) is 5.82 Å². The molecule has 6 rings (SSSR count). The number of carbonyl (C=O) groups excluding carboxylic acids is 2. The zero-order valence-corrected chi connectivity index (χ0v) is 24.1. The third-order valence-corrected chi connectivity index (χ3v) is 8.93. The first kappa shape index (κ1) is 29.5. The monoisotopic (exact) mass is 604 g/mol. The predicted molar refractivity (Wildman–Crippen MR) is 147 cm³/mol. The number of aromatic nitrogens is 6. The summed E-state index contributed by atoms with van der Waals surface area (Å²) in [6.07, 6.45) is 4.84. The lowest BCUT2D eigenvalue weighted by atomic mass is 9.77. The SMILES string of the molecule is CC(C)n1nc([C@H](c2cn3ccc([C@H](NC(=O)CC4CC(F)(F)C4)C4CC4)nc3n2)C2CCC(F)(F)CC2)nc1C(N)=O. The maximum Gasteiger partial charge on any atom is 0.286 e. The summed E-state index contributed by atoms with van der Waals surface area (Å²) in [5.74, 6) is -6.70. The first-order valence-corrected chi connectivity index (χ1v) is 15.0. The van der Waals surface area contributed by atoms with E-state index in [1.807, 2.05) is 13.8 Å². The number of nitrogens with zero attached hydrogens (tertiary/aromatic N) is 6. The van der Waals surface area contributed by atoms with Crippen molar-refractivity contribution in [3.63, 3.8) is 0 Å². The van der Waals surface area contributed by atoms with E-state index >= 15 is 0 Å². The quantitative estimate of drug-likeness (QED) is 0.314. The van der Waals surface area contributed by atoms with Crippen LogP contribution in [-0.2, 0) is 4.79 Å². The molecule has 3 aliphatic rings. The summed E-state index contributed by atoms with van der Waals surface area (Å²) in [7, 11) is 0. The van der Waals surface area contributed by atoms with Crippen LogP contribution in [0.4, 0.5) is 17.6 Å². The molecule has 3 aromatic rings. The second-order valence-corrected chi connectivity index (χ2v) is 12.8. The van der Waals surface area contributed by atoms with Gasteiger partial charge in [0.25, 0.3) is 5.91 Å². The highest BCUT2D eigenvalue weighted by Gasteiger charge is 2.46. The zero-order valence-electron chi connectivity index (χ0n) is 24.1. The second-order valence-electron chi connectivity index (χ2n) is 12.8. The van der Waals surface area contributed by atoms with Crippen LogP contribution < -0.4 is 11.1 Å². The summed E-state index contributed by atoms with van der Waals surface area (Å²) in [6.45, 7) is 3.68. The smallest absolute Gasteiger partial charge is 0.286 e. The number of alkyl halides is 4. The number of nitrogens with two attached hydrogens (primary N) is 1. The lowest BCUT2D eigenvalue weighted by Gasteiger charge is -2.34. The van der Waals surface area contributed by atoms with Gasteiger partial charge in [-0.1, -0.05) is 0 Å². The second kappa shape index (κ2) is 10.8. The molecule has 3 heterocycles. The fourth-order valence-corrected chi connectivity index (χ4v) is 6.49. The Bertz CT molecular complexity index is 1510. The summed E-state index contributed by atoms with van der Waals surface area (Å²) in [4.78, 5) is 38.9. The molecule has 14 heteroatoms. The van der Waals surface area contributed by atoms with E-state index in [9.17, 15) is 27.2 Å². The molecule has 2 amide bonds. The lowest BCUT2D eigenvalue weighted by molar-refractivity contribution is -0.134. The van der Waals surface area contributed by atoms with Gasteiger partial charge in [-0.3, -0.25) is 14.0 Å². The number of carbonyl (C=O) groups is 2. The Hall–Kier alpha value is -3.58. The van der Waals surface area contributed by atoms with Crippen LogP contribution in [0.15, 0.2) is 18.5 Å². The number of primary amides is 1. The van der Waals surface area contributed by atoms with E-state index in [1.54, 1.807) is 22.9 Å². The van der Waals surface area contributed by atoms with E-state index in [4.69, 9.17) is 15.7 Å². The number of imidazole rings is 1. The summed E-state index contributed by atoms with van der Waals surface area (Å²) < 4.78 is 57.9. The fourth-order valence-electron chi connectivity index (χ4n) is 6.49. The minimum Gasteiger partial charge on any atom is -0.363 e. The molecule has 3 aliphatic carbocycles. The van der Waals surface area contributed by atoms with Crippen LogP contribution in [0, 0.1) is 17.8 Å². The molecule has 0 saturated heterocycles. The van der Waals surface area contributed by atoms with Crippen LogP contribution in [0.2, 0.25) is 0 Å². The molecule has 232 valence electrons. The summed E-state index contributed by atoms with van der Waals surface area (Å²) in [6, 6.07) is 1.23. The highest BCUT2D eigenvalue weighted by Crippen LogP contribution is 2.46. The molecule has 0 bridgehead atoms. The van der Waals surface area contributed by atoms with Crippen LogP contribution in [0.1, 0.15) is 117 Å². The average Bonchev–Trinajstić information content (AvgIpc) is 3.50. The lowest BCUT2D eigenvalue weighted by Crippen LogP contribution is -2.39. The Kier molecular flexibility index (Phi) is 7.44. The number of halogens is 4. The molecule has 0 unspecified atom stereocenters. The molecule has 3 aromatic heterocycles. The highest BCUT2D eigenvalue weighted by atomic mass is 19.3. The largest absolute Gasteiger partial charge is 0.363 e. The average molecular weight is 605 g/mol. The topological polar surface area (TPSA) is 133 Å². The first-order valence-electron chi connectivity index (χ1n) is 15.0. The highest BCUT2D eigenvalue weighted by molar-refractivity contribution is 5.89. The number of rotatable bonds is 10. The Labute approximate surface area is 245 Å². The fraction of sp³-hybridized carbons (Fsp3) is 0.655. The number of amides is 2. The summed E-state index contributed by atoms with van der Waals surface area (Å²) in [5.41, 5.74) is 6.74. The maximum atomic E-state index is 14.1.